The zero-order chi connectivity index (χ0) is 24.2. The average Bonchev–Trinajstić information content (AvgIpc) is 3.44. The van der Waals surface area contributed by atoms with Crippen molar-refractivity contribution < 1.29 is 28.8 Å². The summed E-state index contributed by atoms with van der Waals surface area (Å²) in [5.74, 6) is -1.48. The first-order chi connectivity index (χ1) is 16.4. The van der Waals surface area contributed by atoms with Gasteiger partial charge in [-0.2, -0.15) is 0 Å². The van der Waals surface area contributed by atoms with E-state index in [9.17, 15) is 19.5 Å². The number of ether oxygens (including phenoxy) is 1. The molecule has 0 fully saturated rings. The molecule has 176 valence electrons. The maximum absolute atomic E-state index is 12.5. The number of aromatic nitrogens is 1. The lowest BCUT2D eigenvalue weighted by Gasteiger charge is -2.22. The summed E-state index contributed by atoms with van der Waals surface area (Å²) in [7, 11) is 1.40. The first-order valence-electron chi connectivity index (χ1n) is 10.9. The second-order valence-electron chi connectivity index (χ2n) is 8.04. The van der Waals surface area contributed by atoms with E-state index in [-0.39, 0.29) is 36.9 Å². The standard InChI is InChI=1S/C25H25N3O6/c1-3-22(24(30)31)28(2)23(29)21-12-15(34-27-21)13-26-25(32)33-14-20-18-10-6-4-8-16(18)17-9-5-7-11-19(17)20/h4-12,20,22H,3,13-14H2,1-2H3,(H,26,32)(H,30,31). The summed E-state index contributed by atoms with van der Waals surface area (Å²) >= 11 is 0. The summed E-state index contributed by atoms with van der Waals surface area (Å²) in [6.07, 6.45) is -0.369. The highest BCUT2D eigenvalue weighted by Gasteiger charge is 2.29. The molecule has 0 saturated carbocycles. The number of hydrogen-bond donors (Lipinski definition) is 2. The Kier molecular flexibility index (Phi) is 6.62. The molecular weight excluding hydrogens is 438 g/mol. The number of aliphatic carboxylic acids is 1. The molecule has 9 heteroatoms. The van der Waals surface area contributed by atoms with E-state index in [1.165, 1.54) is 13.1 Å². The van der Waals surface area contributed by atoms with Crippen molar-refractivity contribution in [3.8, 4) is 11.1 Å². The Balaban J connectivity index is 1.33. The number of nitrogens with zero attached hydrogens (tertiary/aromatic N) is 2. The third kappa shape index (κ3) is 4.50. The number of carboxylic acid groups (broad SMARTS) is 1. The van der Waals surface area contributed by atoms with Gasteiger partial charge in [0.1, 0.15) is 12.6 Å². The molecule has 1 aromatic heterocycles. The van der Waals surface area contributed by atoms with Gasteiger partial charge in [0.15, 0.2) is 11.5 Å². The van der Waals surface area contributed by atoms with Crippen LogP contribution in [-0.2, 0) is 16.1 Å². The Morgan fingerprint density at radius 2 is 1.74 bits per heavy atom. The number of amides is 2. The number of benzene rings is 2. The Hall–Kier alpha value is -4.14. The molecule has 34 heavy (non-hydrogen) atoms. The molecule has 4 rings (SSSR count). The van der Waals surface area contributed by atoms with Gasteiger partial charge in [0, 0.05) is 19.0 Å². The van der Waals surface area contributed by atoms with Crippen LogP contribution >= 0.6 is 0 Å². The van der Waals surface area contributed by atoms with E-state index in [1.54, 1.807) is 6.92 Å². The van der Waals surface area contributed by atoms with E-state index in [2.05, 4.69) is 22.6 Å². The van der Waals surface area contributed by atoms with Crippen LogP contribution in [0, 0.1) is 0 Å². The zero-order valence-electron chi connectivity index (χ0n) is 18.9. The van der Waals surface area contributed by atoms with Crippen molar-refractivity contribution in [3.63, 3.8) is 0 Å². The van der Waals surface area contributed by atoms with E-state index >= 15 is 0 Å². The van der Waals surface area contributed by atoms with Gasteiger partial charge in [-0.25, -0.2) is 9.59 Å². The topological polar surface area (TPSA) is 122 Å². The minimum absolute atomic E-state index is 0.0309. The van der Waals surface area contributed by atoms with Crippen LogP contribution in [0.5, 0.6) is 0 Å². The van der Waals surface area contributed by atoms with Gasteiger partial charge in [-0.3, -0.25) is 4.79 Å². The summed E-state index contributed by atoms with van der Waals surface area (Å²) < 4.78 is 10.6. The van der Waals surface area contributed by atoms with E-state index in [1.807, 2.05) is 36.4 Å². The minimum atomic E-state index is -1.10. The molecule has 2 amide bonds. The Bertz CT molecular complexity index is 1180. The number of hydrogen-bond acceptors (Lipinski definition) is 6. The van der Waals surface area contributed by atoms with Gasteiger partial charge in [-0.05, 0) is 28.7 Å². The fourth-order valence-corrected chi connectivity index (χ4v) is 4.24. The molecule has 1 aliphatic rings. The number of carboxylic acids is 1. The Morgan fingerprint density at radius 1 is 1.12 bits per heavy atom. The predicted octanol–water partition coefficient (Wildman–Crippen LogP) is 3.65. The number of nitrogens with one attached hydrogen (secondary N) is 1. The minimum Gasteiger partial charge on any atom is -0.480 e. The Labute approximate surface area is 196 Å². The van der Waals surface area contributed by atoms with Crippen molar-refractivity contribution in [3.05, 3.63) is 77.2 Å². The predicted molar refractivity (Wildman–Crippen MR) is 122 cm³/mol. The summed E-state index contributed by atoms with van der Waals surface area (Å²) in [5.41, 5.74) is 4.48. The lowest BCUT2D eigenvalue weighted by molar-refractivity contribution is -0.142. The molecule has 3 aromatic rings. The first-order valence-corrected chi connectivity index (χ1v) is 10.9. The van der Waals surface area contributed by atoms with Crippen LogP contribution in [0.2, 0.25) is 0 Å². The van der Waals surface area contributed by atoms with Crippen molar-refractivity contribution in [2.45, 2.75) is 31.8 Å². The van der Waals surface area contributed by atoms with E-state index in [0.29, 0.717) is 0 Å². The molecule has 1 aliphatic carbocycles. The van der Waals surface area contributed by atoms with Crippen LogP contribution < -0.4 is 5.32 Å². The summed E-state index contributed by atoms with van der Waals surface area (Å²) in [6, 6.07) is 16.5. The molecule has 0 bridgehead atoms. The summed E-state index contributed by atoms with van der Waals surface area (Å²) in [6.45, 7) is 1.82. The molecule has 2 aromatic carbocycles. The maximum Gasteiger partial charge on any atom is 0.407 e. The van der Waals surface area contributed by atoms with Crippen molar-refractivity contribution in [1.82, 2.24) is 15.4 Å². The van der Waals surface area contributed by atoms with Crippen LogP contribution in [0.4, 0.5) is 4.79 Å². The molecule has 0 saturated heterocycles. The van der Waals surface area contributed by atoms with Gasteiger partial charge in [0.25, 0.3) is 5.91 Å². The molecule has 9 nitrogen and oxygen atoms in total. The smallest absolute Gasteiger partial charge is 0.407 e. The summed E-state index contributed by atoms with van der Waals surface area (Å²) in [5, 5.41) is 15.5. The number of carbonyl (C=O) groups excluding carboxylic acids is 2. The average molecular weight is 463 g/mol. The number of alkyl carbamates (subject to hydrolysis) is 1. The first kappa shape index (κ1) is 23.0. The SMILES string of the molecule is CCC(C(=O)O)N(C)C(=O)c1cc(CNC(=O)OCC2c3ccccc3-c3ccccc32)on1. The van der Waals surface area contributed by atoms with Crippen molar-refractivity contribution >= 4 is 18.0 Å². The van der Waals surface area contributed by atoms with Crippen LogP contribution in [0.1, 0.15) is 46.6 Å². The van der Waals surface area contributed by atoms with Gasteiger partial charge in [0.05, 0.1) is 6.54 Å². The lowest BCUT2D eigenvalue weighted by Crippen LogP contribution is -2.42. The zero-order valence-corrected chi connectivity index (χ0v) is 18.9. The van der Waals surface area contributed by atoms with E-state index in [4.69, 9.17) is 9.26 Å². The monoisotopic (exact) mass is 463 g/mol. The van der Waals surface area contributed by atoms with Crippen molar-refractivity contribution in [2.24, 2.45) is 0 Å². The number of carbonyl (C=O) groups is 3. The molecule has 0 radical (unpaired) electrons. The van der Waals surface area contributed by atoms with Crippen molar-refractivity contribution in [1.29, 1.82) is 0 Å². The number of rotatable bonds is 8. The molecule has 1 unspecified atom stereocenters. The van der Waals surface area contributed by atoms with Crippen molar-refractivity contribution in [2.75, 3.05) is 13.7 Å². The van der Waals surface area contributed by atoms with Crippen LogP contribution in [0.3, 0.4) is 0 Å². The largest absolute Gasteiger partial charge is 0.480 e. The normalized spacial score (nSPS) is 13.0. The van der Waals surface area contributed by atoms with Crippen LogP contribution in [-0.4, -0.2) is 52.8 Å². The number of fused-ring (bicyclic) bond motifs is 3. The second kappa shape index (κ2) is 9.78. The highest BCUT2D eigenvalue weighted by molar-refractivity contribution is 5.94. The second-order valence-corrected chi connectivity index (χ2v) is 8.04. The summed E-state index contributed by atoms with van der Waals surface area (Å²) in [4.78, 5) is 37.2. The molecule has 2 N–H and O–H groups in total. The van der Waals surface area contributed by atoms with Gasteiger partial charge < -0.3 is 24.6 Å². The van der Waals surface area contributed by atoms with Gasteiger partial charge in [-0.15, -0.1) is 0 Å². The van der Waals surface area contributed by atoms with E-state index in [0.717, 1.165) is 27.2 Å². The van der Waals surface area contributed by atoms with Gasteiger partial charge in [0.2, 0.25) is 0 Å². The molecule has 1 atom stereocenters. The third-order valence-corrected chi connectivity index (χ3v) is 5.99. The van der Waals surface area contributed by atoms with Gasteiger partial charge >= 0.3 is 12.1 Å². The van der Waals surface area contributed by atoms with E-state index < -0.39 is 24.0 Å². The van der Waals surface area contributed by atoms with Gasteiger partial charge in [-0.1, -0.05) is 60.6 Å². The van der Waals surface area contributed by atoms with Crippen LogP contribution in [0.15, 0.2) is 59.1 Å². The third-order valence-electron chi connectivity index (χ3n) is 5.99. The van der Waals surface area contributed by atoms with Crippen LogP contribution in [0.25, 0.3) is 11.1 Å². The molecule has 0 spiro atoms. The Morgan fingerprint density at radius 3 is 2.32 bits per heavy atom. The fourth-order valence-electron chi connectivity index (χ4n) is 4.24. The maximum atomic E-state index is 12.5. The fraction of sp³-hybridized carbons (Fsp3) is 0.280. The highest BCUT2D eigenvalue weighted by atomic mass is 16.5. The molecule has 1 heterocycles. The quantitative estimate of drug-likeness (QED) is 0.523. The lowest BCUT2D eigenvalue weighted by atomic mass is 9.98. The number of likely N-dealkylation sites (N-methyl/N-ethyl adjacent to an activating group) is 1. The molecule has 0 aliphatic heterocycles. The molecular formula is C25H25N3O6. The highest BCUT2D eigenvalue weighted by Crippen LogP contribution is 2.44.